The molecule has 0 saturated carbocycles. The second kappa shape index (κ2) is 6.35. The highest BCUT2D eigenvalue weighted by Gasteiger charge is 2.40. The van der Waals surface area contributed by atoms with Crippen LogP contribution in [0.5, 0.6) is 0 Å². The number of benzene rings is 1. The van der Waals surface area contributed by atoms with Crippen molar-refractivity contribution in [2.45, 2.75) is 25.5 Å². The molecule has 1 aromatic carbocycles. The van der Waals surface area contributed by atoms with Crippen molar-refractivity contribution in [2.75, 3.05) is 0 Å². The number of hydrogen-bond donors (Lipinski definition) is 2. The van der Waals surface area contributed by atoms with E-state index in [0.717, 1.165) is 45.0 Å². The van der Waals surface area contributed by atoms with Gasteiger partial charge in [0.25, 0.3) is 0 Å². The minimum atomic E-state index is -1.06. The fraction of sp³-hybridized carbons (Fsp3) is 0.174. The number of hydrogen-bond acceptors (Lipinski definition) is 5. The molecular weight excluding hydrogens is 394 g/mol. The summed E-state index contributed by atoms with van der Waals surface area (Å²) in [7, 11) is 0. The summed E-state index contributed by atoms with van der Waals surface area (Å²) in [6, 6.07) is 10.0. The van der Waals surface area contributed by atoms with Crippen LogP contribution in [0.2, 0.25) is 0 Å². The van der Waals surface area contributed by atoms with Crippen molar-refractivity contribution < 1.29 is 5.11 Å². The van der Waals surface area contributed by atoms with Crippen LogP contribution in [0.15, 0.2) is 60.5 Å². The van der Waals surface area contributed by atoms with E-state index in [1.165, 1.54) is 5.56 Å². The fourth-order valence-corrected chi connectivity index (χ4v) is 5.23. The van der Waals surface area contributed by atoms with Crippen molar-refractivity contribution in [3.05, 3.63) is 77.5 Å². The maximum Gasteiger partial charge on any atom is 0.149 e. The maximum atomic E-state index is 11.4. The molecule has 1 atom stereocenters. The minimum Gasteiger partial charge on any atom is -0.377 e. The third-order valence-electron chi connectivity index (χ3n) is 5.95. The van der Waals surface area contributed by atoms with Gasteiger partial charge in [-0.2, -0.15) is 0 Å². The Hall–Kier alpha value is -3.29. The van der Waals surface area contributed by atoms with Crippen molar-refractivity contribution in [3.8, 4) is 21.8 Å². The van der Waals surface area contributed by atoms with Gasteiger partial charge in [0.1, 0.15) is 22.1 Å². The molecule has 2 N–H and O–H groups in total. The second-order valence-corrected chi connectivity index (χ2v) is 8.59. The van der Waals surface area contributed by atoms with E-state index in [1.54, 1.807) is 17.5 Å². The van der Waals surface area contributed by atoms with Gasteiger partial charge in [-0.3, -0.25) is 0 Å². The van der Waals surface area contributed by atoms with Crippen LogP contribution in [0.25, 0.3) is 32.9 Å². The molecule has 0 saturated heterocycles. The number of H-pyrrole nitrogens is 1. The van der Waals surface area contributed by atoms with E-state index in [0.29, 0.717) is 12.2 Å². The average molecular weight is 414 g/mol. The highest BCUT2D eigenvalue weighted by molar-refractivity contribution is 7.13. The van der Waals surface area contributed by atoms with Gasteiger partial charge in [0.05, 0.1) is 5.69 Å². The first-order valence-corrected chi connectivity index (χ1v) is 10.7. The zero-order valence-electron chi connectivity index (χ0n) is 16.3. The van der Waals surface area contributed by atoms with Crippen molar-refractivity contribution in [2.24, 2.45) is 0 Å². The van der Waals surface area contributed by atoms with Gasteiger partial charge in [-0.15, -0.1) is 11.3 Å². The molecule has 6 nitrogen and oxygen atoms in total. The maximum absolute atomic E-state index is 11.4. The molecule has 148 valence electrons. The zero-order chi connectivity index (χ0) is 20.3. The lowest BCUT2D eigenvalue weighted by Crippen LogP contribution is -2.25. The first-order valence-electron chi connectivity index (χ1n) is 9.87. The first-order chi connectivity index (χ1) is 14.6. The summed E-state index contributed by atoms with van der Waals surface area (Å²) in [5.74, 6) is 0.709. The monoisotopic (exact) mass is 413 g/mol. The summed E-state index contributed by atoms with van der Waals surface area (Å²) in [5.41, 5.74) is 4.81. The van der Waals surface area contributed by atoms with Gasteiger partial charge in [-0.1, -0.05) is 18.2 Å². The van der Waals surface area contributed by atoms with Gasteiger partial charge in [0.15, 0.2) is 0 Å². The number of aromatic nitrogens is 5. The molecule has 1 unspecified atom stereocenters. The fourth-order valence-electron chi connectivity index (χ4n) is 4.38. The standard InChI is InChI=1S/C23H19N5OS/c1-14-5-7-24-20-19(14)17(12-26-20)21-27-18(13-30-21)15-3-2-4-16(11-15)23(29)6-9-28-10-8-25-22(23)28/h2-5,7-8,10-13,29H,6,9H2,1H3,(H,24,26). The van der Waals surface area contributed by atoms with E-state index in [4.69, 9.17) is 4.98 Å². The molecular formula is C23H19N5OS. The molecule has 0 amide bonds. The van der Waals surface area contributed by atoms with E-state index in [-0.39, 0.29) is 0 Å². The Morgan fingerprint density at radius 1 is 1.20 bits per heavy atom. The number of fused-ring (bicyclic) bond motifs is 2. The molecule has 0 bridgehead atoms. The number of pyridine rings is 1. The van der Waals surface area contributed by atoms with E-state index < -0.39 is 5.60 Å². The number of nitrogens with one attached hydrogen (secondary N) is 1. The molecule has 7 heteroatoms. The lowest BCUT2D eigenvalue weighted by atomic mass is 9.90. The predicted octanol–water partition coefficient (Wildman–Crippen LogP) is 4.50. The Morgan fingerprint density at radius 3 is 3.07 bits per heavy atom. The smallest absolute Gasteiger partial charge is 0.149 e. The van der Waals surface area contributed by atoms with E-state index in [2.05, 4.69) is 27.3 Å². The van der Waals surface area contributed by atoms with Crippen molar-refractivity contribution in [1.82, 2.24) is 24.5 Å². The summed E-state index contributed by atoms with van der Waals surface area (Å²) < 4.78 is 2.01. The number of thiazole rings is 1. The highest BCUT2D eigenvalue weighted by atomic mass is 32.1. The van der Waals surface area contributed by atoms with E-state index in [9.17, 15) is 5.11 Å². The molecule has 30 heavy (non-hydrogen) atoms. The molecule has 5 aromatic rings. The van der Waals surface area contributed by atoms with Crippen LogP contribution in [-0.2, 0) is 12.1 Å². The third-order valence-corrected chi connectivity index (χ3v) is 6.83. The molecule has 0 spiro atoms. The first kappa shape index (κ1) is 17.6. The van der Waals surface area contributed by atoms with Gasteiger partial charge >= 0.3 is 0 Å². The van der Waals surface area contributed by atoms with E-state index >= 15 is 0 Å². The summed E-state index contributed by atoms with van der Waals surface area (Å²) in [6.07, 6.45) is 8.08. The molecule has 1 aliphatic rings. The van der Waals surface area contributed by atoms with Gasteiger partial charge in [0, 0.05) is 59.6 Å². The quantitative estimate of drug-likeness (QED) is 0.456. The van der Waals surface area contributed by atoms with Crippen molar-refractivity contribution in [1.29, 1.82) is 0 Å². The number of aliphatic hydroxyl groups is 1. The highest BCUT2D eigenvalue weighted by Crippen LogP contribution is 2.39. The Kier molecular flexibility index (Phi) is 3.72. The van der Waals surface area contributed by atoms with Crippen LogP contribution in [0, 0.1) is 6.92 Å². The number of aryl methyl sites for hydroxylation is 2. The minimum absolute atomic E-state index is 0.629. The van der Waals surface area contributed by atoms with Crippen LogP contribution in [-0.4, -0.2) is 29.6 Å². The molecule has 6 rings (SSSR count). The lowest BCUT2D eigenvalue weighted by Gasteiger charge is -2.22. The van der Waals surface area contributed by atoms with Crippen LogP contribution in [0.4, 0.5) is 0 Å². The Morgan fingerprint density at radius 2 is 2.13 bits per heavy atom. The van der Waals surface area contributed by atoms with Crippen LogP contribution < -0.4 is 0 Å². The van der Waals surface area contributed by atoms with Gasteiger partial charge < -0.3 is 14.7 Å². The topological polar surface area (TPSA) is 79.6 Å². The number of imidazole rings is 1. The molecule has 0 radical (unpaired) electrons. The van der Waals surface area contributed by atoms with Crippen molar-refractivity contribution >= 4 is 22.4 Å². The lowest BCUT2D eigenvalue weighted by molar-refractivity contribution is 0.0786. The second-order valence-electron chi connectivity index (χ2n) is 7.73. The normalized spacial score (nSPS) is 18.2. The third kappa shape index (κ3) is 2.49. The van der Waals surface area contributed by atoms with Crippen LogP contribution in [0.1, 0.15) is 23.4 Å². The van der Waals surface area contributed by atoms with Crippen molar-refractivity contribution in [3.63, 3.8) is 0 Å². The summed E-state index contributed by atoms with van der Waals surface area (Å²) >= 11 is 1.61. The Labute approximate surface area is 176 Å². The number of aromatic amines is 1. The number of rotatable bonds is 3. The van der Waals surface area contributed by atoms with Crippen LogP contribution in [0.3, 0.4) is 0 Å². The molecule has 1 aliphatic heterocycles. The predicted molar refractivity (Wildman–Crippen MR) is 117 cm³/mol. The molecule has 0 fully saturated rings. The molecule has 0 aliphatic carbocycles. The summed E-state index contributed by atoms with van der Waals surface area (Å²) in [5, 5.41) is 15.5. The molecule has 4 aromatic heterocycles. The van der Waals surface area contributed by atoms with E-state index in [1.807, 2.05) is 53.5 Å². The number of nitrogens with zero attached hydrogens (tertiary/aromatic N) is 4. The van der Waals surface area contributed by atoms with Gasteiger partial charge in [0.2, 0.25) is 0 Å². The molecule has 5 heterocycles. The van der Waals surface area contributed by atoms with Gasteiger partial charge in [-0.25, -0.2) is 15.0 Å². The Balaban J connectivity index is 1.41. The summed E-state index contributed by atoms with van der Waals surface area (Å²) in [6.45, 7) is 2.86. The van der Waals surface area contributed by atoms with Gasteiger partial charge in [-0.05, 0) is 30.2 Å². The largest absolute Gasteiger partial charge is 0.377 e. The Bertz CT molecular complexity index is 1400. The van der Waals surface area contributed by atoms with Crippen LogP contribution >= 0.6 is 11.3 Å². The SMILES string of the molecule is Cc1ccnc2[nH]cc(-c3nc(-c4cccc(C5(O)CCn6ccnc65)c4)cs3)c12. The average Bonchev–Trinajstić information content (AvgIpc) is 3.54. The summed E-state index contributed by atoms with van der Waals surface area (Å²) in [4.78, 5) is 17.0. The zero-order valence-corrected chi connectivity index (χ0v) is 17.1.